The Balaban J connectivity index is 1.46. The predicted molar refractivity (Wildman–Crippen MR) is 99.7 cm³/mol. The third-order valence-electron chi connectivity index (χ3n) is 6.06. The predicted octanol–water partition coefficient (Wildman–Crippen LogP) is 1.40. The van der Waals surface area contributed by atoms with Crippen molar-refractivity contribution in [1.29, 1.82) is 0 Å². The second-order valence-corrected chi connectivity index (χ2v) is 7.87. The largest absolute Gasteiger partial charge is 0.331 e. The summed E-state index contributed by atoms with van der Waals surface area (Å²) in [6, 6.07) is 9.13. The van der Waals surface area contributed by atoms with Crippen LogP contribution in [-0.2, 0) is 6.54 Å². The minimum atomic E-state index is 0.233. The van der Waals surface area contributed by atoms with Crippen LogP contribution in [0.3, 0.4) is 0 Å². The first-order chi connectivity index (χ1) is 12.2. The SMILES string of the molecule is CN1CCN(Cc2cccc(C(=O)N3C4CCNCC3CC4)c2)CC1. The molecule has 3 fully saturated rings. The Kier molecular flexibility index (Phi) is 5.06. The van der Waals surface area contributed by atoms with Gasteiger partial charge in [0.2, 0.25) is 0 Å². The molecule has 5 heteroatoms. The number of benzene rings is 1. The first kappa shape index (κ1) is 17.0. The number of nitrogens with zero attached hydrogens (tertiary/aromatic N) is 3. The molecule has 1 aromatic carbocycles. The second-order valence-electron chi connectivity index (χ2n) is 7.87. The standard InChI is InChI=1S/C20H30N4O/c1-22-9-11-23(12-10-22)15-16-3-2-4-17(13-16)20(25)24-18-5-6-19(24)14-21-8-7-18/h2-4,13,18-19,21H,5-12,14-15H2,1H3. The molecule has 3 aliphatic rings. The quantitative estimate of drug-likeness (QED) is 0.901. The lowest BCUT2D eigenvalue weighted by molar-refractivity contribution is 0.0680. The van der Waals surface area contributed by atoms with Crippen molar-refractivity contribution >= 4 is 5.91 Å². The van der Waals surface area contributed by atoms with E-state index in [2.05, 4.69) is 45.3 Å². The number of likely N-dealkylation sites (N-methyl/N-ethyl adjacent to an activating group) is 1. The summed E-state index contributed by atoms with van der Waals surface area (Å²) in [5.41, 5.74) is 2.13. The molecule has 2 unspecified atom stereocenters. The van der Waals surface area contributed by atoms with Crippen LogP contribution in [0.1, 0.15) is 35.2 Å². The lowest BCUT2D eigenvalue weighted by Crippen LogP contribution is -2.44. The molecular weight excluding hydrogens is 312 g/mol. The van der Waals surface area contributed by atoms with Crippen molar-refractivity contribution in [3.8, 4) is 0 Å². The van der Waals surface area contributed by atoms with Gasteiger partial charge in [-0.1, -0.05) is 12.1 Å². The minimum absolute atomic E-state index is 0.233. The number of hydrogen-bond acceptors (Lipinski definition) is 4. The van der Waals surface area contributed by atoms with Crippen LogP contribution in [0.15, 0.2) is 24.3 Å². The van der Waals surface area contributed by atoms with E-state index in [9.17, 15) is 4.79 Å². The number of piperazine rings is 1. The van der Waals surface area contributed by atoms with Crippen molar-refractivity contribution in [2.75, 3.05) is 46.3 Å². The van der Waals surface area contributed by atoms with Crippen molar-refractivity contribution in [3.05, 3.63) is 35.4 Å². The van der Waals surface area contributed by atoms with E-state index in [1.807, 2.05) is 6.07 Å². The second kappa shape index (κ2) is 7.44. The average Bonchev–Trinajstić information content (AvgIpc) is 2.89. The summed E-state index contributed by atoms with van der Waals surface area (Å²) in [6.07, 6.45) is 3.40. The lowest BCUT2D eigenvalue weighted by atomic mass is 10.1. The van der Waals surface area contributed by atoms with Crippen molar-refractivity contribution in [3.63, 3.8) is 0 Å². The first-order valence-corrected chi connectivity index (χ1v) is 9.74. The highest BCUT2D eigenvalue weighted by Crippen LogP contribution is 2.29. The highest BCUT2D eigenvalue weighted by atomic mass is 16.2. The van der Waals surface area contributed by atoms with Crippen LogP contribution < -0.4 is 5.32 Å². The van der Waals surface area contributed by atoms with E-state index >= 15 is 0 Å². The Morgan fingerprint density at radius 3 is 2.76 bits per heavy atom. The van der Waals surface area contributed by atoms with E-state index in [4.69, 9.17) is 0 Å². The minimum Gasteiger partial charge on any atom is -0.331 e. The van der Waals surface area contributed by atoms with Gasteiger partial charge in [0.25, 0.3) is 5.91 Å². The van der Waals surface area contributed by atoms with Gasteiger partial charge in [-0.15, -0.1) is 0 Å². The van der Waals surface area contributed by atoms with E-state index in [0.29, 0.717) is 12.1 Å². The van der Waals surface area contributed by atoms with E-state index in [1.165, 1.54) is 12.0 Å². The van der Waals surface area contributed by atoms with Gasteiger partial charge >= 0.3 is 0 Å². The van der Waals surface area contributed by atoms with Crippen LogP contribution in [0.25, 0.3) is 0 Å². The number of hydrogen-bond donors (Lipinski definition) is 1. The molecule has 5 nitrogen and oxygen atoms in total. The van der Waals surface area contributed by atoms with Gasteiger partial charge in [0.05, 0.1) is 0 Å². The Morgan fingerprint density at radius 1 is 1.12 bits per heavy atom. The Bertz CT molecular complexity index is 597. The van der Waals surface area contributed by atoms with Gasteiger partial charge < -0.3 is 15.1 Å². The summed E-state index contributed by atoms with van der Waals surface area (Å²) in [4.78, 5) is 20.2. The van der Waals surface area contributed by atoms with E-state index in [-0.39, 0.29) is 5.91 Å². The van der Waals surface area contributed by atoms with Gasteiger partial charge in [-0.25, -0.2) is 0 Å². The molecule has 2 bridgehead atoms. The molecule has 1 amide bonds. The molecule has 0 aliphatic carbocycles. The van der Waals surface area contributed by atoms with Crippen LogP contribution in [0.5, 0.6) is 0 Å². The van der Waals surface area contributed by atoms with Crippen LogP contribution >= 0.6 is 0 Å². The average molecular weight is 342 g/mol. The molecule has 3 aliphatic heterocycles. The zero-order valence-corrected chi connectivity index (χ0v) is 15.3. The van der Waals surface area contributed by atoms with Crippen LogP contribution in [0.4, 0.5) is 0 Å². The van der Waals surface area contributed by atoms with Gasteiger partial charge in [0, 0.05) is 56.9 Å². The van der Waals surface area contributed by atoms with Crippen LogP contribution in [0.2, 0.25) is 0 Å². The molecule has 0 radical (unpaired) electrons. The fourth-order valence-corrected chi connectivity index (χ4v) is 4.53. The van der Waals surface area contributed by atoms with Crippen molar-refractivity contribution in [2.24, 2.45) is 0 Å². The molecule has 25 heavy (non-hydrogen) atoms. The molecule has 0 spiro atoms. The fourth-order valence-electron chi connectivity index (χ4n) is 4.53. The third kappa shape index (κ3) is 3.73. The lowest BCUT2D eigenvalue weighted by Gasteiger charge is -2.32. The summed E-state index contributed by atoms with van der Waals surface area (Å²) >= 11 is 0. The number of amides is 1. The van der Waals surface area contributed by atoms with Crippen molar-refractivity contribution in [2.45, 2.75) is 37.9 Å². The molecule has 1 aromatic rings. The summed E-state index contributed by atoms with van der Waals surface area (Å²) < 4.78 is 0. The topological polar surface area (TPSA) is 38.8 Å². The van der Waals surface area contributed by atoms with Gasteiger partial charge in [0.15, 0.2) is 0 Å². The molecule has 4 rings (SSSR count). The van der Waals surface area contributed by atoms with E-state index in [1.54, 1.807) is 0 Å². The summed E-state index contributed by atoms with van der Waals surface area (Å²) in [5, 5.41) is 3.48. The van der Waals surface area contributed by atoms with E-state index in [0.717, 1.165) is 64.2 Å². The maximum Gasteiger partial charge on any atom is 0.254 e. The Hall–Kier alpha value is -1.43. The Morgan fingerprint density at radius 2 is 1.92 bits per heavy atom. The van der Waals surface area contributed by atoms with E-state index < -0.39 is 0 Å². The maximum atomic E-state index is 13.2. The molecule has 1 N–H and O–H groups in total. The monoisotopic (exact) mass is 342 g/mol. The zero-order valence-electron chi connectivity index (χ0n) is 15.3. The molecule has 3 heterocycles. The molecule has 3 saturated heterocycles. The summed E-state index contributed by atoms with van der Waals surface area (Å²) in [5.74, 6) is 0.233. The molecule has 0 saturated carbocycles. The number of fused-ring (bicyclic) bond motifs is 2. The number of rotatable bonds is 3. The Labute approximate surface area is 151 Å². The van der Waals surface area contributed by atoms with Gasteiger partial charge in [-0.2, -0.15) is 0 Å². The van der Waals surface area contributed by atoms with Gasteiger partial charge in [-0.3, -0.25) is 9.69 Å². The van der Waals surface area contributed by atoms with Gasteiger partial charge in [-0.05, 0) is 50.6 Å². The number of carbonyl (C=O) groups is 1. The smallest absolute Gasteiger partial charge is 0.254 e. The summed E-state index contributed by atoms with van der Waals surface area (Å²) in [7, 11) is 2.18. The molecule has 2 atom stereocenters. The number of carbonyl (C=O) groups excluding carboxylic acids is 1. The number of nitrogens with one attached hydrogen (secondary N) is 1. The first-order valence-electron chi connectivity index (χ1n) is 9.74. The normalized spacial score (nSPS) is 28.1. The molecular formula is C20H30N4O. The molecule has 0 aromatic heterocycles. The third-order valence-corrected chi connectivity index (χ3v) is 6.06. The van der Waals surface area contributed by atoms with Crippen LogP contribution in [0, 0.1) is 0 Å². The molecule has 136 valence electrons. The fraction of sp³-hybridized carbons (Fsp3) is 0.650. The van der Waals surface area contributed by atoms with Crippen LogP contribution in [-0.4, -0.2) is 79.0 Å². The maximum absolute atomic E-state index is 13.2. The summed E-state index contributed by atoms with van der Waals surface area (Å²) in [6.45, 7) is 7.40. The van der Waals surface area contributed by atoms with Crippen molar-refractivity contribution in [1.82, 2.24) is 20.0 Å². The van der Waals surface area contributed by atoms with Crippen molar-refractivity contribution < 1.29 is 4.79 Å². The van der Waals surface area contributed by atoms with Gasteiger partial charge in [0.1, 0.15) is 0 Å². The zero-order chi connectivity index (χ0) is 17.2. The highest BCUT2D eigenvalue weighted by Gasteiger charge is 2.38. The highest BCUT2D eigenvalue weighted by molar-refractivity contribution is 5.95.